The highest BCUT2D eigenvalue weighted by Gasteiger charge is 2.20. The van der Waals surface area contributed by atoms with Crippen molar-refractivity contribution in [3.05, 3.63) is 108 Å². The fraction of sp³-hybridized carbons (Fsp3) is 0.0370. The van der Waals surface area contributed by atoms with E-state index < -0.39 is 21.7 Å². The minimum Gasteiger partial charge on any atom is -0.365 e. The summed E-state index contributed by atoms with van der Waals surface area (Å²) < 4.78 is 52.5. The van der Waals surface area contributed by atoms with E-state index in [4.69, 9.17) is 16.7 Å². The number of halogens is 3. The molecule has 0 aliphatic rings. The summed E-state index contributed by atoms with van der Waals surface area (Å²) in [6.45, 7) is -0.179. The Balaban J connectivity index is 1.75. The molecule has 3 aromatic carbocycles. The summed E-state index contributed by atoms with van der Waals surface area (Å²) in [4.78, 5) is 8.38. The molecule has 0 unspecified atom stereocenters. The molecular weight excluding hydrogens is 518 g/mol. The van der Waals surface area contributed by atoms with Gasteiger partial charge in [-0.2, -0.15) is 0 Å². The molecule has 2 aromatic heterocycles. The number of pyridine rings is 2. The van der Waals surface area contributed by atoms with Crippen molar-refractivity contribution >= 4 is 38.2 Å². The molecular formula is C27H19ClF2N4O2S. The number of hydrogen-bond acceptors (Lipinski definition) is 5. The van der Waals surface area contributed by atoms with Crippen LogP contribution in [0.25, 0.3) is 33.0 Å². The van der Waals surface area contributed by atoms with Crippen LogP contribution in [0.1, 0.15) is 5.56 Å². The average Bonchev–Trinajstić information content (AvgIpc) is 2.88. The molecule has 0 amide bonds. The monoisotopic (exact) mass is 536 g/mol. The van der Waals surface area contributed by atoms with Crippen molar-refractivity contribution in [2.75, 3.05) is 5.32 Å². The van der Waals surface area contributed by atoms with Gasteiger partial charge in [-0.15, -0.1) is 0 Å². The molecule has 0 radical (unpaired) electrons. The molecule has 0 saturated heterocycles. The zero-order chi connectivity index (χ0) is 26.2. The highest BCUT2D eigenvalue weighted by Crippen LogP contribution is 2.42. The van der Waals surface area contributed by atoms with Crippen molar-refractivity contribution in [1.82, 2.24) is 9.97 Å². The SMILES string of the molecule is NS(=O)(=O)c1cncc(-c2c(Cl)nc(NCc3c(F)cccc3F)c3c(-c4ccccc4)cccc23)c1. The Morgan fingerprint density at radius 2 is 1.59 bits per heavy atom. The van der Waals surface area contributed by atoms with Crippen molar-refractivity contribution in [3.63, 3.8) is 0 Å². The zero-order valence-electron chi connectivity index (χ0n) is 19.1. The minimum atomic E-state index is -4.02. The number of primary sulfonamides is 1. The summed E-state index contributed by atoms with van der Waals surface area (Å²) in [5.74, 6) is -1.07. The lowest BCUT2D eigenvalue weighted by Gasteiger charge is -2.18. The van der Waals surface area contributed by atoms with Crippen LogP contribution in [0.4, 0.5) is 14.6 Å². The second-order valence-corrected chi connectivity index (χ2v) is 10.1. The van der Waals surface area contributed by atoms with E-state index in [0.717, 1.165) is 17.3 Å². The molecule has 186 valence electrons. The number of anilines is 1. The molecule has 0 saturated carbocycles. The molecule has 0 aliphatic carbocycles. The van der Waals surface area contributed by atoms with Gasteiger partial charge in [-0.05, 0) is 34.7 Å². The maximum absolute atomic E-state index is 14.3. The summed E-state index contributed by atoms with van der Waals surface area (Å²) >= 11 is 6.64. The molecule has 0 spiro atoms. The molecule has 5 rings (SSSR count). The van der Waals surface area contributed by atoms with Gasteiger partial charge >= 0.3 is 0 Å². The third-order valence-corrected chi connectivity index (χ3v) is 7.05. The number of rotatable bonds is 6. The lowest BCUT2D eigenvalue weighted by molar-refractivity contribution is 0.560. The highest BCUT2D eigenvalue weighted by molar-refractivity contribution is 7.89. The fourth-order valence-corrected chi connectivity index (χ4v) is 4.98. The van der Waals surface area contributed by atoms with Crippen molar-refractivity contribution < 1.29 is 17.2 Å². The second kappa shape index (κ2) is 9.85. The summed E-state index contributed by atoms with van der Waals surface area (Å²) in [7, 11) is -4.02. The number of aromatic nitrogens is 2. The van der Waals surface area contributed by atoms with Gasteiger partial charge in [0.1, 0.15) is 27.5 Å². The number of nitrogens with one attached hydrogen (secondary N) is 1. The van der Waals surface area contributed by atoms with Crippen LogP contribution in [0, 0.1) is 11.6 Å². The molecule has 3 N–H and O–H groups in total. The average molecular weight is 537 g/mol. The van der Waals surface area contributed by atoms with Gasteiger partial charge in [-0.25, -0.2) is 27.3 Å². The fourth-order valence-electron chi connectivity index (χ4n) is 4.18. The summed E-state index contributed by atoms with van der Waals surface area (Å²) in [6.07, 6.45) is 2.62. The number of hydrogen-bond donors (Lipinski definition) is 2. The van der Waals surface area contributed by atoms with Crippen LogP contribution in [0.2, 0.25) is 5.15 Å². The Kier molecular flexibility index (Phi) is 6.59. The van der Waals surface area contributed by atoms with Crippen LogP contribution in [0.3, 0.4) is 0 Å². The number of sulfonamides is 1. The Morgan fingerprint density at radius 3 is 2.30 bits per heavy atom. The maximum Gasteiger partial charge on any atom is 0.239 e. The van der Waals surface area contributed by atoms with Crippen molar-refractivity contribution in [2.45, 2.75) is 11.4 Å². The van der Waals surface area contributed by atoms with Crippen LogP contribution < -0.4 is 10.5 Å². The van der Waals surface area contributed by atoms with Gasteiger partial charge < -0.3 is 5.32 Å². The minimum absolute atomic E-state index is 0.0441. The number of nitrogens with zero attached hydrogens (tertiary/aromatic N) is 2. The number of nitrogens with two attached hydrogens (primary N) is 1. The molecule has 5 aromatic rings. The molecule has 0 bridgehead atoms. The lowest BCUT2D eigenvalue weighted by Crippen LogP contribution is -2.12. The molecule has 6 nitrogen and oxygen atoms in total. The second-order valence-electron chi connectivity index (χ2n) is 8.23. The van der Waals surface area contributed by atoms with Crippen LogP contribution in [0.15, 0.2) is 90.1 Å². The number of benzene rings is 3. The molecule has 0 aliphatic heterocycles. The van der Waals surface area contributed by atoms with Crippen molar-refractivity contribution in [1.29, 1.82) is 0 Å². The summed E-state index contributed by atoms with van der Waals surface area (Å²) in [5.41, 5.74) is 2.36. The third kappa shape index (κ3) is 4.89. The maximum atomic E-state index is 14.3. The Hall–Kier alpha value is -3.92. The Labute approximate surface area is 216 Å². The Bertz CT molecular complexity index is 1730. The normalized spacial score (nSPS) is 11.6. The molecule has 0 fully saturated rings. The van der Waals surface area contributed by atoms with Crippen LogP contribution in [0.5, 0.6) is 0 Å². The molecule has 2 heterocycles. The van der Waals surface area contributed by atoms with E-state index in [9.17, 15) is 17.2 Å². The largest absolute Gasteiger partial charge is 0.365 e. The summed E-state index contributed by atoms with van der Waals surface area (Å²) in [6, 6.07) is 20.1. The Morgan fingerprint density at radius 1 is 0.892 bits per heavy atom. The molecule has 37 heavy (non-hydrogen) atoms. The van der Waals surface area contributed by atoms with Crippen molar-refractivity contribution in [2.24, 2.45) is 5.14 Å². The highest BCUT2D eigenvalue weighted by atomic mass is 35.5. The van der Waals surface area contributed by atoms with Crippen LogP contribution in [-0.2, 0) is 16.6 Å². The van der Waals surface area contributed by atoms with Crippen LogP contribution in [-0.4, -0.2) is 18.4 Å². The van der Waals surface area contributed by atoms with E-state index in [1.807, 2.05) is 48.5 Å². The van der Waals surface area contributed by atoms with Gasteiger partial charge in [-0.3, -0.25) is 4.98 Å². The van der Waals surface area contributed by atoms with E-state index in [1.165, 1.54) is 30.5 Å². The van der Waals surface area contributed by atoms with E-state index in [0.29, 0.717) is 27.7 Å². The van der Waals surface area contributed by atoms with E-state index in [-0.39, 0.29) is 22.2 Å². The first-order valence-electron chi connectivity index (χ1n) is 11.1. The molecule has 10 heteroatoms. The van der Waals surface area contributed by atoms with Gasteiger partial charge in [-0.1, -0.05) is 66.2 Å². The van der Waals surface area contributed by atoms with Crippen molar-refractivity contribution in [3.8, 4) is 22.3 Å². The van der Waals surface area contributed by atoms with E-state index in [2.05, 4.69) is 15.3 Å². The number of fused-ring (bicyclic) bond motifs is 1. The lowest BCUT2D eigenvalue weighted by atomic mass is 9.94. The summed E-state index contributed by atoms with van der Waals surface area (Å²) in [5, 5.41) is 9.66. The predicted molar refractivity (Wildman–Crippen MR) is 140 cm³/mol. The smallest absolute Gasteiger partial charge is 0.239 e. The molecule has 0 atom stereocenters. The van der Waals surface area contributed by atoms with Gasteiger partial charge in [0.25, 0.3) is 0 Å². The van der Waals surface area contributed by atoms with Gasteiger partial charge in [0, 0.05) is 41.0 Å². The first kappa shape index (κ1) is 24.8. The predicted octanol–water partition coefficient (Wildman–Crippen LogP) is 6.15. The van der Waals surface area contributed by atoms with Gasteiger partial charge in [0.05, 0.1) is 0 Å². The van der Waals surface area contributed by atoms with E-state index >= 15 is 0 Å². The standard InChI is InChI=1S/C27H19ClF2N4O2S/c28-26-24(17-12-18(14-32-13-17)37(31,35)36)20-9-4-8-19(16-6-2-1-3-7-16)25(20)27(34-26)33-15-21-22(29)10-5-11-23(21)30/h1-14H,15H2,(H,33,34)(H2,31,35,36). The zero-order valence-corrected chi connectivity index (χ0v) is 20.7. The van der Waals surface area contributed by atoms with Gasteiger partial charge in [0.2, 0.25) is 10.0 Å². The third-order valence-electron chi connectivity index (χ3n) is 5.90. The van der Waals surface area contributed by atoms with E-state index in [1.54, 1.807) is 0 Å². The first-order chi connectivity index (χ1) is 17.7. The first-order valence-corrected chi connectivity index (χ1v) is 13.0. The topological polar surface area (TPSA) is 98.0 Å². The van der Waals surface area contributed by atoms with Crippen LogP contribution >= 0.6 is 11.6 Å². The van der Waals surface area contributed by atoms with Gasteiger partial charge in [0.15, 0.2) is 0 Å². The quantitative estimate of drug-likeness (QED) is 0.253.